The van der Waals surface area contributed by atoms with Crippen molar-refractivity contribution >= 4 is 31.6 Å². The molecule has 1 fully saturated rings. The quantitative estimate of drug-likeness (QED) is 0.805. The fourth-order valence-corrected chi connectivity index (χ4v) is 3.80. The predicted octanol–water partition coefficient (Wildman–Crippen LogP) is 2.89. The summed E-state index contributed by atoms with van der Waals surface area (Å²) in [4.78, 5) is 0.222. The molecule has 106 valence electrons. The minimum Gasteiger partial charge on any atom is -0.398 e. The van der Waals surface area contributed by atoms with E-state index in [9.17, 15) is 8.42 Å². The lowest BCUT2D eigenvalue weighted by Crippen LogP contribution is -2.26. The summed E-state index contributed by atoms with van der Waals surface area (Å²) in [6, 6.07) is 4.68. The Kier molecular flexibility index (Phi) is 4.86. The molecular weight excluding hydrogens is 328 g/mol. The zero-order valence-corrected chi connectivity index (χ0v) is 13.1. The lowest BCUT2D eigenvalue weighted by Gasteiger charge is -2.11. The molecule has 3 N–H and O–H groups in total. The fourth-order valence-electron chi connectivity index (χ4n) is 2.47. The predicted molar refractivity (Wildman–Crippen MR) is 80.3 cm³/mol. The standard InChI is InChI=1S/C13H19BrN2O2S/c14-12-6-5-11(9-13(12)15)19(17,18)16-8-7-10-3-1-2-4-10/h5-6,9-10,16H,1-4,7-8,15H2. The van der Waals surface area contributed by atoms with E-state index in [1.54, 1.807) is 12.1 Å². The van der Waals surface area contributed by atoms with Crippen LogP contribution in [0.3, 0.4) is 0 Å². The lowest BCUT2D eigenvalue weighted by molar-refractivity contribution is 0.495. The van der Waals surface area contributed by atoms with Crippen LogP contribution in [-0.4, -0.2) is 15.0 Å². The molecule has 0 spiro atoms. The molecule has 0 heterocycles. The molecule has 0 unspecified atom stereocenters. The third kappa shape index (κ3) is 3.94. The highest BCUT2D eigenvalue weighted by atomic mass is 79.9. The summed E-state index contributed by atoms with van der Waals surface area (Å²) in [7, 11) is -3.44. The number of hydrogen-bond donors (Lipinski definition) is 2. The highest BCUT2D eigenvalue weighted by molar-refractivity contribution is 9.10. The van der Waals surface area contributed by atoms with Crippen LogP contribution in [0.15, 0.2) is 27.6 Å². The van der Waals surface area contributed by atoms with Gasteiger partial charge in [-0.2, -0.15) is 0 Å². The van der Waals surface area contributed by atoms with E-state index in [0.29, 0.717) is 22.6 Å². The van der Waals surface area contributed by atoms with Gasteiger partial charge >= 0.3 is 0 Å². The monoisotopic (exact) mass is 346 g/mol. The molecule has 2 rings (SSSR count). The first kappa shape index (κ1) is 14.8. The first-order valence-corrected chi connectivity index (χ1v) is 8.81. The molecule has 1 aliphatic rings. The van der Waals surface area contributed by atoms with Crippen molar-refractivity contribution < 1.29 is 8.42 Å². The number of rotatable bonds is 5. The maximum Gasteiger partial charge on any atom is 0.240 e. The molecule has 1 aromatic carbocycles. The molecule has 1 aromatic rings. The van der Waals surface area contributed by atoms with Crippen LogP contribution in [0.25, 0.3) is 0 Å². The van der Waals surface area contributed by atoms with Gasteiger partial charge in [0.2, 0.25) is 10.0 Å². The van der Waals surface area contributed by atoms with Gasteiger partial charge in [0.25, 0.3) is 0 Å². The van der Waals surface area contributed by atoms with Gasteiger partial charge in [-0.25, -0.2) is 13.1 Å². The zero-order valence-electron chi connectivity index (χ0n) is 10.7. The highest BCUT2D eigenvalue weighted by Crippen LogP contribution is 2.27. The number of sulfonamides is 1. The van der Waals surface area contributed by atoms with E-state index in [-0.39, 0.29) is 4.90 Å². The summed E-state index contributed by atoms with van der Waals surface area (Å²) < 4.78 is 27.5. The van der Waals surface area contributed by atoms with Crippen molar-refractivity contribution in [1.29, 1.82) is 0 Å². The number of nitrogens with two attached hydrogens (primary N) is 1. The van der Waals surface area contributed by atoms with Crippen LogP contribution < -0.4 is 10.5 Å². The van der Waals surface area contributed by atoms with Crippen molar-refractivity contribution in [2.75, 3.05) is 12.3 Å². The van der Waals surface area contributed by atoms with E-state index in [2.05, 4.69) is 20.7 Å². The van der Waals surface area contributed by atoms with E-state index in [1.165, 1.54) is 31.7 Å². The molecule has 1 saturated carbocycles. The molecule has 19 heavy (non-hydrogen) atoms. The Labute approximate surface area is 122 Å². The van der Waals surface area contributed by atoms with Crippen LogP contribution >= 0.6 is 15.9 Å². The van der Waals surface area contributed by atoms with Gasteiger partial charge in [-0.1, -0.05) is 25.7 Å². The zero-order chi connectivity index (χ0) is 13.9. The van der Waals surface area contributed by atoms with Crippen molar-refractivity contribution in [3.63, 3.8) is 0 Å². The highest BCUT2D eigenvalue weighted by Gasteiger charge is 2.18. The van der Waals surface area contributed by atoms with Gasteiger partial charge in [-0.05, 0) is 46.5 Å². The number of hydrogen-bond acceptors (Lipinski definition) is 3. The smallest absolute Gasteiger partial charge is 0.240 e. The summed E-state index contributed by atoms with van der Waals surface area (Å²) in [5.74, 6) is 0.678. The van der Waals surface area contributed by atoms with Gasteiger partial charge in [-0.15, -0.1) is 0 Å². The Hall–Kier alpha value is -0.590. The second-order valence-corrected chi connectivity index (χ2v) is 7.64. The molecule has 0 radical (unpaired) electrons. The Bertz CT molecular complexity index is 540. The molecule has 0 saturated heterocycles. The molecule has 0 atom stereocenters. The van der Waals surface area contributed by atoms with Gasteiger partial charge in [-0.3, -0.25) is 0 Å². The van der Waals surface area contributed by atoms with Crippen LogP contribution in [0.4, 0.5) is 5.69 Å². The number of benzene rings is 1. The van der Waals surface area contributed by atoms with Crippen molar-refractivity contribution in [3.8, 4) is 0 Å². The van der Waals surface area contributed by atoms with E-state index >= 15 is 0 Å². The van der Waals surface area contributed by atoms with E-state index in [4.69, 9.17) is 5.73 Å². The molecule has 6 heteroatoms. The normalized spacial score (nSPS) is 16.9. The molecule has 4 nitrogen and oxygen atoms in total. The Morgan fingerprint density at radius 3 is 2.63 bits per heavy atom. The van der Waals surface area contributed by atoms with Crippen LogP contribution in [-0.2, 0) is 10.0 Å². The van der Waals surface area contributed by atoms with Crippen molar-refractivity contribution in [1.82, 2.24) is 4.72 Å². The van der Waals surface area contributed by atoms with Crippen LogP contribution in [0.2, 0.25) is 0 Å². The van der Waals surface area contributed by atoms with Crippen LogP contribution in [0, 0.1) is 5.92 Å². The second kappa shape index (κ2) is 6.24. The van der Waals surface area contributed by atoms with Gasteiger partial charge in [0.15, 0.2) is 0 Å². The van der Waals surface area contributed by atoms with Gasteiger partial charge < -0.3 is 5.73 Å². The summed E-state index contributed by atoms with van der Waals surface area (Å²) >= 11 is 3.25. The van der Waals surface area contributed by atoms with E-state index in [1.807, 2.05) is 0 Å². The third-order valence-electron chi connectivity index (χ3n) is 3.60. The Balaban J connectivity index is 1.95. The average Bonchev–Trinajstić information content (AvgIpc) is 2.85. The molecular formula is C13H19BrN2O2S. The fraction of sp³-hybridized carbons (Fsp3) is 0.538. The first-order chi connectivity index (χ1) is 8.99. The number of nitrogens with one attached hydrogen (secondary N) is 1. The lowest BCUT2D eigenvalue weighted by atomic mass is 10.1. The van der Waals surface area contributed by atoms with Gasteiger partial charge in [0.1, 0.15) is 0 Å². The number of anilines is 1. The minimum absolute atomic E-state index is 0.222. The average molecular weight is 347 g/mol. The largest absolute Gasteiger partial charge is 0.398 e. The maximum atomic E-state index is 12.1. The Morgan fingerprint density at radius 1 is 1.32 bits per heavy atom. The van der Waals surface area contributed by atoms with E-state index < -0.39 is 10.0 Å². The second-order valence-electron chi connectivity index (χ2n) is 5.02. The van der Waals surface area contributed by atoms with Crippen molar-refractivity contribution in [2.45, 2.75) is 37.0 Å². The molecule has 0 aromatic heterocycles. The minimum atomic E-state index is -3.44. The molecule has 0 amide bonds. The SMILES string of the molecule is Nc1cc(S(=O)(=O)NCCC2CCCC2)ccc1Br. The van der Waals surface area contributed by atoms with Crippen molar-refractivity contribution in [3.05, 3.63) is 22.7 Å². The third-order valence-corrected chi connectivity index (χ3v) is 5.78. The molecule has 0 bridgehead atoms. The summed E-state index contributed by atoms with van der Waals surface area (Å²) in [6.45, 7) is 0.503. The molecule has 0 aliphatic heterocycles. The van der Waals surface area contributed by atoms with Gasteiger partial charge in [0, 0.05) is 16.7 Å². The first-order valence-electron chi connectivity index (χ1n) is 6.54. The maximum absolute atomic E-state index is 12.1. The number of nitrogen functional groups attached to an aromatic ring is 1. The summed E-state index contributed by atoms with van der Waals surface area (Å²) in [5.41, 5.74) is 6.14. The summed E-state index contributed by atoms with van der Waals surface area (Å²) in [6.07, 6.45) is 5.94. The summed E-state index contributed by atoms with van der Waals surface area (Å²) in [5, 5.41) is 0. The van der Waals surface area contributed by atoms with Crippen LogP contribution in [0.5, 0.6) is 0 Å². The Morgan fingerprint density at radius 2 is 2.00 bits per heavy atom. The molecule has 1 aliphatic carbocycles. The van der Waals surface area contributed by atoms with Crippen LogP contribution in [0.1, 0.15) is 32.1 Å². The topological polar surface area (TPSA) is 72.2 Å². The van der Waals surface area contributed by atoms with Crippen molar-refractivity contribution in [2.24, 2.45) is 5.92 Å². The van der Waals surface area contributed by atoms with Gasteiger partial charge in [0.05, 0.1) is 4.90 Å². The number of halogens is 1. The van der Waals surface area contributed by atoms with E-state index in [0.717, 1.165) is 6.42 Å².